The monoisotopic (exact) mass is 171 g/mol. The summed E-state index contributed by atoms with van der Waals surface area (Å²) in [6, 6.07) is -0.315. The number of aliphatic carboxylic acids is 1. The number of rotatable bonds is 3. The van der Waals surface area contributed by atoms with Gasteiger partial charge in [-0.3, -0.25) is 4.79 Å². The average Bonchev–Trinajstić information content (AvgIpc) is 2.49. The highest BCUT2D eigenvalue weighted by molar-refractivity contribution is 5.74. The van der Waals surface area contributed by atoms with Crippen molar-refractivity contribution in [1.82, 2.24) is 5.32 Å². The molecule has 3 nitrogen and oxygen atoms in total. The predicted octanol–water partition coefficient (Wildman–Crippen LogP) is 1.24. The molecule has 1 heterocycles. The fourth-order valence-corrected chi connectivity index (χ4v) is 1.88. The Morgan fingerprint density at radius 2 is 2.17 bits per heavy atom. The van der Waals surface area contributed by atoms with Gasteiger partial charge in [0.1, 0.15) is 6.04 Å². The number of nitrogens with one attached hydrogen (secondary N) is 1. The van der Waals surface area contributed by atoms with Crippen molar-refractivity contribution in [1.29, 1.82) is 0 Å². The zero-order valence-corrected chi connectivity index (χ0v) is 7.76. The zero-order valence-electron chi connectivity index (χ0n) is 7.76. The van der Waals surface area contributed by atoms with E-state index >= 15 is 0 Å². The largest absolute Gasteiger partial charge is 0.480 e. The summed E-state index contributed by atoms with van der Waals surface area (Å²) < 4.78 is 0. The molecule has 0 radical (unpaired) electrons. The smallest absolute Gasteiger partial charge is 0.320 e. The molecule has 0 bridgehead atoms. The molecule has 0 aromatic heterocycles. The molecule has 0 saturated carbocycles. The molecule has 1 unspecified atom stereocenters. The van der Waals surface area contributed by atoms with Gasteiger partial charge in [-0.2, -0.15) is 0 Å². The van der Waals surface area contributed by atoms with Crippen LogP contribution in [0.3, 0.4) is 0 Å². The van der Waals surface area contributed by atoms with E-state index in [4.69, 9.17) is 5.11 Å². The molecule has 0 aromatic carbocycles. The van der Waals surface area contributed by atoms with Crippen LogP contribution in [0.5, 0.6) is 0 Å². The Bertz CT molecular complexity index is 175. The van der Waals surface area contributed by atoms with Crippen molar-refractivity contribution in [2.75, 3.05) is 6.54 Å². The highest BCUT2D eigenvalue weighted by Gasteiger charge is 2.38. The van der Waals surface area contributed by atoms with Crippen molar-refractivity contribution < 1.29 is 9.90 Å². The second kappa shape index (κ2) is 3.44. The minimum Gasteiger partial charge on any atom is -0.480 e. The van der Waals surface area contributed by atoms with E-state index in [1.54, 1.807) is 0 Å². The van der Waals surface area contributed by atoms with Gasteiger partial charge in [0.25, 0.3) is 0 Å². The molecule has 1 rings (SSSR count). The first-order valence-electron chi connectivity index (χ1n) is 4.60. The molecule has 1 fully saturated rings. The first-order valence-corrected chi connectivity index (χ1v) is 4.60. The van der Waals surface area contributed by atoms with E-state index in [-0.39, 0.29) is 11.5 Å². The topological polar surface area (TPSA) is 49.3 Å². The summed E-state index contributed by atoms with van der Waals surface area (Å²) >= 11 is 0. The maximum absolute atomic E-state index is 10.7. The second-order valence-corrected chi connectivity index (χ2v) is 3.68. The summed E-state index contributed by atoms with van der Waals surface area (Å²) in [5.74, 6) is -0.709. The molecule has 0 aromatic rings. The molecule has 12 heavy (non-hydrogen) atoms. The van der Waals surface area contributed by atoms with Crippen LogP contribution in [-0.4, -0.2) is 23.7 Å². The molecular weight excluding hydrogens is 154 g/mol. The van der Waals surface area contributed by atoms with Crippen molar-refractivity contribution in [3.05, 3.63) is 0 Å². The average molecular weight is 171 g/mol. The van der Waals surface area contributed by atoms with Crippen LogP contribution in [0.4, 0.5) is 0 Å². The van der Waals surface area contributed by atoms with Gasteiger partial charge >= 0.3 is 5.97 Å². The van der Waals surface area contributed by atoms with Crippen LogP contribution >= 0.6 is 0 Å². The molecule has 3 heteroatoms. The zero-order chi connectivity index (χ0) is 9.19. The van der Waals surface area contributed by atoms with Crippen LogP contribution in [0.15, 0.2) is 0 Å². The SMILES string of the molecule is CCC1(CC)CNC(C(=O)O)C1. The molecule has 1 aliphatic rings. The molecule has 0 spiro atoms. The third-order valence-electron chi connectivity index (χ3n) is 3.16. The number of hydrogen-bond donors (Lipinski definition) is 2. The van der Waals surface area contributed by atoms with Gasteiger partial charge in [0.2, 0.25) is 0 Å². The summed E-state index contributed by atoms with van der Waals surface area (Å²) in [4.78, 5) is 10.7. The number of hydrogen-bond acceptors (Lipinski definition) is 2. The van der Waals surface area contributed by atoms with Gasteiger partial charge in [-0.05, 0) is 24.7 Å². The van der Waals surface area contributed by atoms with Gasteiger partial charge in [-0.1, -0.05) is 13.8 Å². The minimum atomic E-state index is -0.709. The molecule has 2 N–H and O–H groups in total. The Kier molecular flexibility index (Phi) is 2.73. The number of carbonyl (C=O) groups is 1. The van der Waals surface area contributed by atoms with Crippen LogP contribution in [0, 0.1) is 5.41 Å². The van der Waals surface area contributed by atoms with Crippen LogP contribution in [-0.2, 0) is 4.79 Å². The summed E-state index contributed by atoms with van der Waals surface area (Å²) in [7, 11) is 0. The van der Waals surface area contributed by atoms with E-state index in [0.717, 1.165) is 25.8 Å². The second-order valence-electron chi connectivity index (χ2n) is 3.68. The molecule has 0 amide bonds. The Balaban J connectivity index is 2.58. The van der Waals surface area contributed by atoms with E-state index in [2.05, 4.69) is 19.2 Å². The molecular formula is C9H17NO2. The number of carboxylic acid groups (broad SMARTS) is 1. The minimum absolute atomic E-state index is 0.239. The third kappa shape index (κ3) is 1.61. The van der Waals surface area contributed by atoms with Crippen LogP contribution < -0.4 is 5.32 Å². The van der Waals surface area contributed by atoms with E-state index in [9.17, 15) is 4.79 Å². The summed E-state index contributed by atoms with van der Waals surface area (Å²) in [5.41, 5.74) is 0.239. The lowest BCUT2D eigenvalue weighted by Crippen LogP contribution is -2.30. The maximum Gasteiger partial charge on any atom is 0.320 e. The van der Waals surface area contributed by atoms with Gasteiger partial charge in [0, 0.05) is 6.54 Å². The predicted molar refractivity (Wildman–Crippen MR) is 47.1 cm³/mol. The first-order chi connectivity index (χ1) is 5.63. The van der Waals surface area contributed by atoms with Crippen molar-refractivity contribution in [2.24, 2.45) is 5.41 Å². The fraction of sp³-hybridized carbons (Fsp3) is 0.889. The van der Waals surface area contributed by atoms with Crippen molar-refractivity contribution >= 4 is 5.97 Å². The van der Waals surface area contributed by atoms with Gasteiger partial charge in [0.05, 0.1) is 0 Å². The van der Waals surface area contributed by atoms with Crippen molar-refractivity contribution in [3.8, 4) is 0 Å². The lowest BCUT2D eigenvalue weighted by atomic mass is 9.80. The standard InChI is InChI=1S/C9H17NO2/c1-3-9(4-2)5-7(8(11)12)10-6-9/h7,10H,3-6H2,1-2H3,(H,11,12). The normalized spacial score (nSPS) is 27.3. The molecule has 70 valence electrons. The van der Waals surface area contributed by atoms with E-state index in [0.29, 0.717) is 0 Å². The fourth-order valence-electron chi connectivity index (χ4n) is 1.88. The lowest BCUT2D eigenvalue weighted by molar-refractivity contribution is -0.139. The third-order valence-corrected chi connectivity index (χ3v) is 3.16. The van der Waals surface area contributed by atoms with E-state index < -0.39 is 5.97 Å². The first kappa shape index (κ1) is 9.52. The summed E-state index contributed by atoms with van der Waals surface area (Å²) in [5, 5.41) is 11.8. The van der Waals surface area contributed by atoms with Crippen molar-refractivity contribution in [2.45, 2.75) is 39.2 Å². The van der Waals surface area contributed by atoms with Gasteiger partial charge in [0.15, 0.2) is 0 Å². The van der Waals surface area contributed by atoms with Crippen LogP contribution in [0.25, 0.3) is 0 Å². The Morgan fingerprint density at radius 3 is 2.42 bits per heavy atom. The van der Waals surface area contributed by atoms with Crippen LogP contribution in [0.2, 0.25) is 0 Å². The molecule has 1 aliphatic heterocycles. The maximum atomic E-state index is 10.7. The van der Waals surface area contributed by atoms with E-state index in [1.807, 2.05) is 0 Å². The van der Waals surface area contributed by atoms with Gasteiger partial charge in [-0.25, -0.2) is 0 Å². The highest BCUT2D eigenvalue weighted by atomic mass is 16.4. The molecule has 0 aliphatic carbocycles. The Hall–Kier alpha value is -0.570. The molecule has 1 atom stereocenters. The van der Waals surface area contributed by atoms with E-state index in [1.165, 1.54) is 0 Å². The highest BCUT2D eigenvalue weighted by Crippen LogP contribution is 2.35. The van der Waals surface area contributed by atoms with Crippen molar-refractivity contribution in [3.63, 3.8) is 0 Å². The number of carboxylic acids is 1. The van der Waals surface area contributed by atoms with Crippen LogP contribution in [0.1, 0.15) is 33.1 Å². The Morgan fingerprint density at radius 1 is 1.58 bits per heavy atom. The molecule has 1 saturated heterocycles. The summed E-state index contributed by atoms with van der Waals surface area (Å²) in [6.45, 7) is 5.13. The lowest BCUT2D eigenvalue weighted by Gasteiger charge is -2.24. The Labute approximate surface area is 73.2 Å². The quantitative estimate of drug-likeness (QED) is 0.671. The van der Waals surface area contributed by atoms with Gasteiger partial charge < -0.3 is 10.4 Å². The van der Waals surface area contributed by atoms with Gasteiger partial charge in [-0.15, -0.1) is 0 Å². The summed E-state index contributed by atoms with van der Waals surface area (Å²) in [6.07, 6.45) is 2.93.